The van der Waals surface area contributed by atoms with Crippen molar-refractivity contribution in [3.05, 3.63) is 0 Å². The predicted molar refractivity (Wildman–Crippen MR) is 59.3 cm³/mol. The third kappa shape index (κ3) is 4.06. The Balaban J connectivity index is 2.45. The van der Waals surface area contributed by atoms with Crippen LogP contribution in [0.4, 0.5) is 0 Å². The molecule has 1 fully saturated rings. The molecule has 1 unspecified atom stereocenters. The monoisotopic (exact) mass is 236 g/mol. The molecule has 0 spiro atoms. The average Bonchev–Trinajstić information content (AvgIpc) is 2.18. The Hall–Kier alpha value is -0.170. The van der Waals surface area contributed by atoms with Crippen molar-refractivity contribution in [2.24, 2.45) is 0 Å². The van der Waals surface area contributed by atoms with E-state index in [9.17, 15) is 8.42 Å². The summed E-state index contributed by atoms with van der Waals surface area (Å²) in [6, 6.07) is 0. The van der Waals surface area contributed by atoms with Crippen LogP contribution in [0.5, 0.6) is 0 Å². The van der Waals surface area contributed by atoms with Gasteiger partial charge < -0.3 is 10.1 Å². The first-order chi connectivity index (χ1) is 7.06. The summed E-state index contributed by atoms with van der Waals surface area (Å²) in [6.07, 6.45) is 0.00709. The van der Waals surface area contributed by atoms with Gasteiger partial charge >= 0.3 is 0 Å². The van der Waals surface area contributed by atoms with Crippen LogP contribution in [-0.2, 0) is 14.8 Å². The second kappa shape index (κ2) is 5.79. The van der Waals surface area contributed by atoms with E-state index in [0.29, 0.717) is 26.2 Å². The molecule has 15 heavy (non-hydrogen) atoms. The van der Waals surface area contributed by atoms with Crippen LogP contribution in [0, 0.1) is 0 Å². The van der Waals surface area contributed by atoms with Crippen molar-refractivity contribution in [2.75, 3.05) is 38.5 Å². The second-order valence-electron chi connectivity index (χ2n) is 3.71. The molecule has 5 nitrogen and oxygen atoms in total. The Labute approximate surface area is 91.8 Å². The molecule has 1 aliphatic rings. The number of nitrogens with zero attached hydrogens (tertiary/aromatic N) is 1. The van der Waals surface area contributed by atoms with Gasteiger partial charge in [0, 0.05) is 19.6 Å². The minimum atomic E-state index is -3.10. The summed E-state index contributed by atoms with van der Waals surface area (Å²) in [5.74, 6) is 0.174. The van der Waals surface area contributed by atoms with Crippen LogP contribution >= 0.6 is 0 Å². The molecular weight excluding hydrogens is 216 g/mol. The summed E-state index contributed by atoms with van der Waals surface area (Å²) in [5, 5.41) is 3.02. The highest BCUT2D eigenvalue weighted by Crippen LogP contribution is 2.09. The summed E-state index contributed by atoms with van der Waals surface area (Å²) in [7, 11) is -3.10. The first-order valence-corrected chi connectivity index (χ1v) is 6.97. The molecule has 0 aliphatic carbocycles. The number of nitrogens with one attached hydrogen (secondary N) is 1. The molecule has 1 rings (SSSR count). The minimum absolute atomic E-state index is 0.00709. The Morgan fingerprint density at radius 1 is 1.53 bits per heavy atom. The number of morpholine rings is 1. The van der Waals surface area contributed by atoms with E-state index < -0.39 is 10.0 Å². The lowest BCUT2D eigenvalue weighted by Crippen LogP contribution is -2.46. The molecule has 1 N–H and O–H groups in total. The molecule has 1 heterocycles. The lowest BCUT2D eigenvalue weighted by Gasteiger charge is -2.30. The van der Waals surface area contributed by atoms with Crippen LogP contribution in [0.2, 0.25) is 0 Å². The van der Waals surface area contributed by atoms with Gasteiger partial charge in [0.1, 0.15) is 0 Å². The Bertz CT molecular complexity index is 279. The zero-order valence-corrected chi connectivity index (χ0v) is 10.2. The molecule has 6 heteroatoms. The number of hydrogen-bond acceptors (Lipinski definition) is 4. The summed E-state index contributed by atoms with van der Waals surface area (Å²) < 4.78 is 30.5. The van der Waals surface area contributed by atoms with Crippen LogP contribution in [0.15, 0.2) is 0 Å². The topological polar surface area (TPSA) is 58.6 Å². The molecule has 0 bridgehead atoms. The van der Waals surface area contributed by atoms with Gasteiger partial charge in [0.25, 0.3) is 0 Å². The summed E-state index contributed by atoms with van der Waals surface area (Å²) in [4.78, 5) is 0. The second-order valence-corrected chi connectivity index (χ2v) is 5.80. The van der Waals surface area contributed by atoms with E-state index in [-0.39, 0.29) is 11.9 Å². The minimum Gasteiger partial charge on any atom is -0.376 e. The molecule has 0 saturated carbocycles. The van der Waals surface area contributed by atoms with Crippen molar-refractivity contribution < 1.29 is 13.2 Å². The van der Waals surface area contributed by atoms with Gasteiger partial charge in [-0.3, -0.25) is 0 Å². The molecule has 0 aromatic heterocycles. The zero-order valence-electron chi connectivity index (χ0n) is 9.40. The average molecular weight is 236 g/mol. The molecule has 90 valence electrons. The molecule has 0 amide bonds. The van der Waals surface area contributed by atoms with Crippen molar-refractivity contribution in [1.29, 1.82) is 0 Å². The first kappa shape index (κ1) is 12.9. The zero-order chi connectivity index (χ0) is 11.3. The van der Waals surface area contributed by atoms with Crippen LogP contribution in [-0.4, -0.2) is 57.4 Å². The van der Waals surface area contributed by atoms with Gasteiger partial charge in [-0.05, 0) is 13.5 Å². The molecular formula is C9H20N2O3S. The van der Waals surface area contributed by atoms with Crippen molar-refractivity contribution in [2.45, 2.75) is 20.0 Å². The third-order valence-electron chi connectivity index (χ3n) is 2.38. The van der Waals surface area contributed by atoms with Gasteiger partial charge in [-0.1, -0.05) is 6.92 Å². The third-order valence-corrected chi connectivity index (χ3v) is 4.22. The maximum absolute atomic E-state index is 11.8. The Morgan fingerprint density at radius 2 is 2.27 bits per heavy atom. The van der Waals surface area contributed by atoms with E-state index >= 15 is 0 Å². The van der Waals surface area contributed by atoms with Gasteiger partial charge in [-0.25, -0.2) is 8.42 Å². The summed E-state index contributed by atoms with van der Waals surface area (Å²) in [5.41, 5.74) is 0. The van der Waals surface area contributed by atoms with Crippen molar-refractivity contribution in [1.82, 2.24) is 9.62 Å². The highest BCUT2D eigenvalue weighted by Gasteiger charge is 2.26. The maximum atomic E-state index is 11.8. The highest BCUT2D eigenvalue weighted by atomic mass is 32.2. The fraction of sp³-hybridized carbons (Fsp3) is 1.00. The van der Waals surface area contributed by atoms with E-state index in [2.05, 4.69) is 5.32 Å². The van der Waals surface area contributed by atoms with E-state index in [1.807, 2.05) is 13.8 Å². The fourth-order valence-electron chi connectivity index (χ4n) is 1.55. The van der Waals surface area contributed by atoms with Crippen molar-refractivity contribution in [3.63, 3.8) is 0 Å². The van der Waals surface area contributed by atoms with Crippen LogP contribution in [0.3, 0.4) is 0 Å². The number of ether oxygens (including phenoxy) is 1. The molecule has 0 aromatic rings. The Morgan fingerprint density at radius 3 is 2.87 bits per heavy atom. The van der Waals surface area contributed by atoms with Crippen molar-refractivity contribution in [3.8, 4) is 0 Å². The van der Waals surface area contributed by atoms with E-state index in [4.69, 9.17) is 4.74 Å². The van der Waals surface area contributed by atoms with E-state index in [1.54, 1.807) is 0 Å². The maximum Gasteiger partial charge on any atom is 0.215 e. The largest absolute Gasteiger partial charge is 0.376 e. The highest BCUT2D eigenvalue weighted by molar-refractivity contribution is 7.89. The van der Waals surface area contributed by atoms with Crippen LogP contribution in [0.1, 0.15) is 13.8 Å². The fourth-order valence-corrected chi connectivity index (χ4v) is 3.00. The SMILES string of the molecule is CCNCCS(=O)(=O)N1CCOC(C)C1. The molecule has 1 saturated heterocycles. The lowest BCUT2D eigenvalue weighted by molar-refractivity contribution is 0.0102. The number of hydrogen-bond donors (Lipinski definition) is 1. The van der Waals surface area contributed by atoms with Crippen molar-refractivity contribution >= 4 is 10.0 Å². The van der Waals surface area contributed by atoms with Gasteiger partial charge in [-0.2, -0.15) is 4.31 Å². The van der Waals surface area contributed by atoms with Gasteiger partial charge in [-0.15, -0.1) is 0 Å². The standard InChI is InChI=1S/C9H20N2O3S/c1-3-10-4-7-15(12,13)11-5-6-14-9(2)8-11/h9-10H,3-8H2,1-2H3. The number of rotatable bonds is 5. The molecule has 0 radical (unpaired) electrons. The first-order valence-electron chi connectivity index (χ1n) is 5.36. The smallest absolute Gasteiger partial charge is 0.215 e. The lowest BCUT2D eigenvalue weighted by atomic mass is 10.3. The van der Waals surface area contributed by atoms with Crippen LogP contribution in [0.25, 0.3) is 0 Å². The summed E-state index contributed by atoms with van der Waals surface area (Å²) >= 11 is 0. The predicted octanol–water partition coefficient (Wildman–Crippen LogP) is -0.354. The van der Waals surface area contributed by atoms with Crippen LogP contribution < -0.4 is 5.32 Å². The normalized spacial score (nSPS) is 24.3. The molecule has 1 atom stereocenters. The quantitative estimate of drug-likeness (QED) is 0.663. The van der Waals surface area contributed by atoms with Gasteiger partial charge in [0.05, 0.1) is 18.5 Å². The number of sulfonamides is 1. The van der Waals surface area contributed by atoms with E-state index in [1.165, 1.54) is 4.31 Å². The molecule has 1 aliphatic heterocycles. The molecule has 0 aromatic carbocycles. The van der Waals surface area contributed by atoms with Gasteiger partial charge in [0.2, 0.25) is 10.0 Å². The summed E-state index contributed by atoms with van der Waals surface area (Å²) in [6.45, 7) is 6.64. The van der Waals surface area contributed by atoms with Gasteiger partial charge in [0.15, 0.2) is 0 Å². The van der Waals surface area contributed by atoms with E-state index in [0.717, 1.165) is 6.54 Å². The Kier molecular flexibility index (Phi) is 4.98.